The second-order valence-corrected chi connectivity index (χ2v) is 5.60. The van der Waals surface area contributed by atoms with Crippen molar-refractivity contribution in [2.24, 2.45) is 5.92 Å². The highest BCUT2D eigenvalue weighted by Gasteiger charge is 2.16. The molecule has 4 nitrogen and oxygen atoms in total. The normalized spacial score (nSPS) is 16.2. The monoisotopic (exact) mass is 297 g/mol. The molecule has 1 aliphatic heterocycles. The zero-order valence-electron chi connectivity index (χ0n) is 12.2. The summed E-state index contributed by atoms with van der Waals surface area (Å²) in [5, 5.41) is 5.82. The lowest BCUT2D eigenvalue weighted by molar-refractivity contribution is -0.117. The van der Waals surface area contributed by atoms with Crippen molar-refractivity contribution in [3.8, 4) is 0 Å². The number of piperidine rings is 1. The molecule has 2 N–H and O–H groups in total. The summed E-state index contributed by atoms with van der Waals surface area (Å²) in [6.45, 7) is 3.11. The SMILES string of the molecule is CN(CC(=O)Nc1cc(F)cc(F)c1)CC1CCNCC1. The summed E-state index contributed by atoms with van der Waals surface area (Å²) in [6, 6.07) is 2.99. The average Bonchev–Trinajstić information content (AvgIpc) is 2.37. The van der Waals surface area contributed by atoms with Gasteiger partial charge in [0.1, 0.15) is 11.6 Å². The molecule has 0 saturated carbocycles. The lowest BCUT2D eigenvalue weighted by Crippen LogP contribution is -2.37. The van der Waals surface area contributed by atoms with Gasteiger partial charge in [0.05, 0.1) is 6.54 Å². The molecule has 1 amide bonds. The smallest absolute Gasteiger partial charge is 0.238 e. The third kappa shape index (κ3) is 5.40. The van der Waals surface area contributed by atoms with Crippen LogP contribution in [0.4, 0.5) is 14.5 Å². The van der Waals surface area contributed by atoms with Crippen LogP contribution in [0.2, 0.25) is 0 Å². The summed E-state index contributed by atoms with van der Waals surface area (Å²) in [5.74, 6) is -1.08. The molecule has 0 radical (unpaired) electrons. The van der Waals surface area contributed by atoms with E-state index in [-0.39, 0.29) is 18.1 Å². The third-order valence-electron chi connectivity index (χ3n) is 3.59. The van der Waals surface area contributed by atoms with Crippen LogP contribution in [-0.4, -0.2) is 44.0 Å². The topological polar surface area (TPSA) is 44.4 Å². The Labute approximate surface area is 123 Å². The van der Waals surface area contributed by atoms with Crippen molar-refractivity contribution in [1.29, 1.82) is 0 Å². The van der Waals surface area contributed by atoms with E-state index in [9.17, 15) is 13.6 Å². The van der Waals surface area contributed by atoms with Crippen molar-refractivity contribution in [3.05, 3.63) is 29.8 Å². The fourth-order valence-electron chi connectivity index (χ4n) is 2.64. The summed E-state index contributed by atoms with van der Waals surface area (Å²) >= 11 is 0. The standard InChI is InChI=1S/C15H21F2N3O/c1-20(9-11-2-4-18-5-3-11)10-15(21)19-14-7-12(16)6-13(17)8-14/h6-8,11,18H,2-5,9-10H2,1H3,(H,19,21). The zero-order chi connectivity index (χ0) is 15.2. The molecule has 21 heavy (non-hydrogen) atoms. The van der Waals surface area contributed by atoms with Crippen LogP contribution in [0.3, 0.4) is 0 Å². The van der Waals surface area contributed by atoms with Crippen molar-refractivity contribution in [2.45, 2.75) is 12.8 Å². The van der Waals surface area contributed by atoms with Gasteiger partial charge in [-0.25, -0.2) is 8.78 Å². The number of carbonyl (C=O) groups excluding carboxylic acids is 1. The first-order chi connectivity index (χ1) is 10.0. The Morgan fingerprint density at radius 3 is 2.52 bits per heavy atom. The molecule has 116 valence electrons. The molecule has 0 spiro atoms. The average molecular weight is 297 g/mol. The first-order valence-electron chi connectivity index (χ1n) is 7.18. The Kier molecular flexibility index (Phi) is 5.64. The Morgan fingerprint density at radius 2 is 1.90 bits per heavy atom. The molecule has 2 rings (SSSR count). The van der Waals surface area contributed by atoms with Gasteiger partial charge in [0.2, 0.25) is 5.91 Å². The maximum atomic E-state index is 13.0. The highest BCUT2D eigenvalue weighted by Crippen LogP contribution is 2.14. The molecule has 0 aromatic heterocycles. The summed E-state index contributed by atoms with van der Waals surface area (Å²) in [5.41, 5.74) is 0.146. The Balaban J connectivity index is 1.80. The van der Waals surface area contributed by atoms with Crippen molar-refractivity contribution < 1.29 is 13.6 Å². The lowest BCUT2D eigenvalue weighted by Gasteiger charge is -2.27. The first kappa shape index (κ1) is 15.9. The molecule has 1 aromatic carbocycles. The largest absolute Gasteiger partial charge is 0.325 e. The number of nitrogens with one attached hydrogen (secondary N) is 2. The summed E-state index contributed by atoms with van der Waals surface area (Å²) < 4.78 is 26.1. The summed E-state index contributed by atoms with van der Waals surface area (Å²) in [4.78, 5) is 13.8. The zero-order valence-corrected chi connectivity index (χ0v) is 12.2. The van der Waals surface area contributed by atoms with Gasteiger partial charge in [-0.2, -0.15) is 0 Å². The molecule has 1 aliphatic rings. The van der Waals surface area contributed by atoms with E-state index in [4.69, 9.17) is 0 Å². The van der Waals surface area contributed by atoms with E-state index in [0.29, 0.717) is 5.92 Å². The number of halogens is 2. The van der Waals surface area contributed by atoms with E-state index in [1.165, 1.54) is 0 Å². The molecule has 0 bridgehead atoms. The van der Waals surface area contributed by atoms with Crippen molar-refractivity contribution in [2.75, 3.05) is 38.5 Å². The van der Waals surface area contributed by atoms with Gasteiger partial charge in [0.25, 0.3) is 0 Å². The highest BCUT2D eigenvalue weighted by atomic mass is 19.1. The molecule has 0 atom stereocenters. The van der Waals surface area contributed by atoms with Crippen LogP contribution < -0.4 is 10.6 Å². The Bertz CT molecular complexity index is 470. The van der Waals surface area contributed by atoms with Gasteiger partial charge in [0, 0.05) is 18.3 Å². The Morgan fingerprint density at radius 1 is 1.29 bits per heavy atom. The van der Waals surface area contributed by atoms with E-state index >= 15 is 0 Å². The number of benzene rings is 1. The molecule has 1 fully saturated rings. The second kappa shape index (κ2) is 7.47. The van der Waals surface area contributed by atoms with Gasteiger partial charge >= 0.3 is 0 Å². The number of nitrogens with zero attached hydrogens (tertiary/aromatic N) is 1. The van der Waals surface area contributed by atoms with Crippen LogP contribution in [0, 0.1) is 17.6 Å². The molecular formula is C15H21F2N3O. The molecule has 0 unspecified atom stereocenters. The minimum atomic E-state index is -0.701. The fraction of sp³-hybridized carbons (Fsp3) is 0.533. The van der Waals surface area contributed by atoms with E-state index in [0.717, 1.165) is 50.7 Å². The van der Waals surface area contributed by atoms with Crippen LogP contribution in [0.5, 0.6) is 0 Å². The van der Waals surface area contributed by atoms with Crippen LogP contribution >= 0.6 is 0 Å². The lowest BCUT2D eigenvalue weighted by atomic mass is 9.98. The van der Waals surface area contributed by atoms with Crippen molar-refractivity contribution in [3.63, 3.8) is 0 Å². The number of likely N-dealkylation sites (N-methyl/N-ethyl adjacent to an activating group) is 1. The van der Waals surface area contributed by atoms with E-state index in [1.54, 1.807) is 0 Å². The van der Waals surface area contributed by atoms with Gasteiger partial charge < -0.3 is 10.6 Å². The quantitative estimate of drug-likeness (QED) is 0.871. The van der Waals surface area contributed by atoms with Crippen molar-refractivity contribution in [1.82, 2.24) is 10.2 Å². The third-order valence-corrected chi connectivity index (χ3v) is 3.59. The molecule has 0 aliphatic carbocycles. The van der Waals surface area contributed by atoms with Crippen LogP contribution in [0.25, 0.3) is 0 Å². The number of hydrogen-bond acceptors (Lipinski definition) is 3. The number of carbonyl (C=O) groups is 1. The maximum Gasteiger partial charge on any atom is 0.238 e. The van der Waals surface area contributed by atoms with E-state index in [2.05, 4.69) is 10.6 Å². The van der Waals surface area contributed by atoms with Gasteiger partial charge in [0.15, 0.2) is 0 Å². The minimum Gasteiger partial charge on any atom is -0.325 e. The van der Waals surface area contributed by atoms with Crippen LogP contribution in [0.1, 0.15) is 12.8 Å². The predicted octanol–water partition coefficient (Wildman–Crippen LogP) is 1.83. The summed E-state index contributed by atoms with van der Waals surface area (Å²) in [7, 11) is 1.88. The highest BCUT2D eigenvalue weighted by molar-refractivity contribution is 5.92. The van der Waals surface area contributed by atoms with Gasteiger partial charge in [-0.3, -0.25) is 9.69 Å². The van der Waals surface area contributed by atoms with Gasteiger partial charge in [-0.15, -0.1) is 0 Å². The fourth-order valence-corrected chi connectivity index (χ4v) is 2.64. The molecule has 6 heteroatoms. The number of anilines is 1. The molecule has 1 saturated heterocycles. The van der Waals surface area contributed by atoms with E-state index in [1.807, 2.05) is 11.9 Å². The minimum absolute atomic E-state index is 0.146. The maximum absolute atomic E-state index is 13.0. The Hall–Kier alpha value is -1.53. The van der Waals surface area contributed by atoms with Gasteiger partial charge in [-0.1, -0.05) is 0 Å². The molecular weight excluding hydrogens is 276 g/mol. The number of amides is 1. The second-order valence-electron chi connectivity index (χ2n) is 5.60. The van der Waals surface area contributed by atoms with Gasteiger partial charge in [-0.05, 0) is 51.0 Å². The van der Waals surface area contributed by atoms with Crippen LogP contribution in [0.15, 0.2) is 18.2 Å². The predicted molar refractivity (Wildman–Crippen MR) is 78.1 cm³/mol. The number of hydrogen-bond donors (Lipinski definition) is 2. The number of rotatable bonds is 5. The van der Waals surface area contributed by atoms with Crippen LogP contribution in [-0.2, 0) is 4.79 Å². The molecule has 1 heterocycles. The molecule has 1 aromatic rings. The summed E-state index contributed by atoms with van der Waals surface area (Å²) in [6.07, 6.45) is 2.22. The van der Waals surface area contributed by atoms with E-state index < -0.39 is 11.6 Å². The van der Waals surface area contributed by atoms with Crippen molar-refractivity contribution >= 4 is 11.6 Å². The first-order valence-corrected chi connectivity index (χ1v) is 7.18.